The van der Waals surface area contributed by atoms with Crippen LogP contribution in [0.5, 0.6) is 5.75 Å². The molecule has 0 unspecified atom stereocenters. The number of nitrogens with one attached hydrogen (secondary N) is 1. The fourth-order valence-electron chi connectivity index (χ4n) is 2.89. The largest absolute Gasteiger partial charge is 0.495 e. The number of para-hydroxylation sites is 2. The number of benzene rings is 3. The molecule has 0 aliphatic carbocycles. The molecule has 0 spiro atoms. The van der Waals surface area contributed by atoms with E-state index >= 15 is 0 Å². The first-order valence-electron chi connectivity index (χ1n) is 9.07. The van der Waals surface area contributed by atoms with Crippen LogP contribution in [-0.4, -0.2) is 28.5 Å². The van der Waals surface area contributed by atoms with Gasteiger partial charge in [-0.2, -0.15) is 0 Å². The predicted molar refractivity (Wildman–Crippen MR) is 120 cm³/mol. The average molecular weight is 489 g/mol. The van der Waals surface area contributed by atoms with Gasteiger partial charge in [-0.3, -0.25) is 9.10 Å². The van der Waals surface area contributed by atoms with E-state index in [0.717, 1.165) is 14.3 Å². The van der Waals surface area contributed by atoms with Crippen molar-refractivity contribution in [3.8, 4) is 5.75 Å². The minimum Gasteiger partial charge on any atom is -0.495 e. The van der Waals surface area contributed by atoms with E-state index in [1.54, 1.807) is 24.3 Å². The molecule has 0 saturated carbocycles. The van der Waals surface area contributed by atoms with Crippen LogP contribution < -0.4 is 14.4 Å². The van der Waals surface area contributed by atoms with Crippen molar-refractivity contribution in [2.45, 2.75) is 11.4 Å². The second-order valence-corrected chi connectivity index (χ2v) is 9.37. The Balaban J connectivity index is 1.74. The number of halogens is 1. The van der Waals surface area contributed by atoms with E-state index in [-0.39, 0.29) is 10.8 Å². The molecule has 0 atom stereocenters. The van der Waals surface area contributed by atoms with Crippen LogP contribution in [0.15, 0.2) is 82.2 Å². The molecule has 8 heteroatoms. The fourth-order valence-corrected chi connectivity index (χ4v) is 4.54. The Hall–Kier alpha value is -2.84. The summed E-state index contributed by atoms with van der Waals surface area (Å²) in [6, 6.07) is 20.4. The topological polar surface area (TPSA) is 75.7 Å². The highest BCUT2D eigenvalue weighted by molar-refractivity contribution is 9.10. The zero-order chi connectivity index (χ0) is 21.7. The Labute approximate surface area is 184 Å². The van der Waals surface area contributed by atoms with Gasteiger partial charge in [0.15, 0.2) is 0 Å². The van der Waals surface area contributed by atoms with E-state index in [1.807, 2.05) is 24.3 Å². The molecule has 0 aromatic heterocycles. The van der Waals surface area contributed by atoms with Crippen LogP contribution >= 0.6 is 15.9 Å². The third-order valence-electron chi connectivity index (χ3n) is 4.54. The van der Waals surface area contributed by atoms with Gasteiger partial charge >= 0.3 is 0 Å². The van der Waals surface area contributed by atoms with E-state index < -0.39 is 10.0 Å². The lowest BCUT2D eigenvalue weighted by atomic mass is 10.2. The SMILES string of the molecule is COc1ccccc1N(C)S(=O)(=O)c1ccc(C(=O)NCc2cccc(Br)c2)cc1. The Morgan fingerprint density at radius 3 is 2.40 bits per heavy atom. The van der Waals surface area contributed by atoms with Gasteiger partial charge in [0.05, 0.1) is 17.7 Å². The third kappa shape index (κ3) is 4.83. The molecule has 30 heavy (non-hydrogen) atoms. The monoisotopic (exact) mass is 488 g/mol. The van der Waals surface area contributed by atoms with Crippen LogP contribution in [-0.2, 0) is 16.6 Å². The molecule has 1 N–H and O–H groups in total. The van der Waals surface area contributed by atoms with Crippen molar-refractivity contribution in [3.05, 3.63) is 88.4 Å². The van der Waals surface area contributed by atoms with Gasteiger partial charge in [-0.25, -0.2) is 8.42 Å². The standard InChI is InChI=1S/C22H21BrN2O4S/c1-25(20-8-3-4-9-21(20)29-2)30(27,28)19-12-10-17(11-13-19)22(26)24-15-16-6-5-7-18(23)14-16/h3-14H,15H2,1-2H3,(H,24,26). The van der Waals surface area contributed by atoms with Gasteiger partial charge in [0.25, 0.3) is 15.9 Å². The van der Waals surface area contributed by atoms with Gasteiger partial charge in [-0.05, 0) is 54.1 Å². The maximum Gasteiger partial charge on any atom is 0.264 e. The van der Waals surface area contributed by atoms with Gasteiger partial charge in [-0.15, -0.1) is 0 Å². The van der Waals surface area contributed by atoms with Crippen LogP contribution in [0.3, 0.4) is 0 Å². The lowest BCUT2D eigenvalue weighted by Crippen LogP contribution is -2.27. The first-order chi connectivity index (χ1) is 14.3. The average Bonchev–Trinajstić information content (AvgIpc) is 2.77. The number of nitrogens with zero attached hydrogens (tertiary/aromatic N) is 1. The van der Waals surface area contributed by atoms with Crippen molar-refractivity contribution in [2.75, 3.05) is 18.5 Å². The van der Waals surface area contributed by atoms with Gasteiger partial charge in [0.2, 0.25) is 0 Å². The summed E-state index contributed by atoms with van der Waals surface area (Å²) in [4.78, 5) is 12.5. The molecule has 3 rings (SSSR count). The number of hydrogen-bond acceptors (Lipinski definition) is 4. The number of amides is 1. The molecule has 0 saturated heterocycles. The zero-order valence-electron chi connectivity index (χ0n) is 16.5. The Morgan fingerprint density at radius 1 is 1.03 bits per heavy atom. The minimum absolute atomic E-state index is 0.0828. The van der Waals surface area contributed by atoms with Crippen molar-refractivity contribution >= 4 is 37.5 Å². The molecule has 6 nitrogen and oxygen atoms in total. The molecule has 1 amide bonds. The third-order valence-corrected chi connectivity index (χ3v) is 6.82. The number of anilines is 1. The van der Waals surface area contributed by atoms with E-state index in [2.05, 4.69) is 21.2 Å². The summed E-state index contributed by atoms with van der Waals surface area (Å²) >= 11 is 3.40. The van der Waals surface area contributed by atoms with Crippen LogP contribution in [0, 0.1) is 0 Å². The lowest BCUT2D eigenvalue weighted by molar-refractivity contribution is 0.0951. The van der Waals surface area contributed by atoms with Gasteiger partial charge in [0, 0.05) is 23.6 Å². The summed E-state index contributed by atoms with van der Waals surface area (Å²) in [5.41, 5.74) is 1.76. The molecule has 156 valence electrons. The normalized spacial score (nSPS) is 11.0. The summed E-state index contributed by atoms with van der Waals surface area (Å²) in [6.45, 7) is 0.370. The van der Waals surface area contributed by atoms with Crippen molar-refractivity contribution in [2.24, 2.45) is 0 Å². The molecule has 0 aliphatic rings. The number of carbonyl (C=O) groups is 1. The summed E-state index contributed by atoms with van der Waals surface area (Å²) in [7, 11) is -0.860. The predicted octanol–water partition coefficient (Wildman–Crippen LogP) is 4.21. The summed E-state index contributed by atoms with van der Waals surface area (Å²) in [6.07, 6.45) is 0. The molecular weight excluding hydrogens is 468 g/mol. The van der Waals surface area contributed by atoms with Crippen molar-refractivity contribution in [1.82, 2.24) is 5.32 Å². The van der Waals surface area contributed by atoms with Crippen LogP contribution in [0.2, 0.25) is 0 Å². The maximum absolute atomic E-state index is 13.0. The quantitative estimate of drug-likeness (QED) is 0.540. The maximum atomic E-state index is 13.0. The summed E-state index contributed by atoms with van der Waals surface area (Å²) in [5.74, 6) is 0.170. The molecule has 0 radical (unpaired) electrons. The smallest absolute Gasteiger partial charge is 0.264 e. The van der Waals surface area contributed by atoms with E-state index in [9.17, 15) is 13.2 Å². The van der Waals surface area contributed by atoms with Crippen LogP contribution in [0.25, 0.3) is 0 Å². The molecule has 0 heterocycles. The number of sulfonamides is 1. The first kappa shape index (κ1) is 21.9. The Morgan fingerprint density at radius 2 is 1.73 bits per heavy atom. The van der Waals surface area contributed by atoms with Gasteiger partial charge in [0.1, 0.15) is 5.75 Å². The number of rotatable bonds is 7. The minimum atomic E-state index is -3.81. The van der Waals surface area contributed by atoms with Gasteiger partial charge in [-0.1, -0.05) is 40.2 Å². The van der Waals surface area contributed by atoms with Crippen molar-refractivity contribution in [3.63, 3.8) is 0 Å². The summed E-state index contributed by atoms with van der Waals surface area (Å²) < 4.78 is 33.3. The van der Waals surface area contributed by atoms with E-state index in [0.29, 0.717) is 23.5 Å². The number of carbonyl (C=O) groups excluding carboxylic acids is 1. The van der Waals surface area contributed by atoms with Crippen LogP contribution in [0.4, 0.5) is 5.69 Å². The molecular formula is C22H21BrN2O4S. The highest BCUT2D eigenvalue weighted by atomic mass is 79.9. The number of methoxy groups -OCH3 is 1. The molecule has 0 aliphatic heterocycles. The zero-order valence-corrected chi connectivity index (χ0v) is 18.9. The Kier molecular flexibility index (Phi) is 6.79. The lowest BCUT2D eigenvalue weighted by Gasteiger charge is -2.21. The van der Waals surface area contributed by atoms with Gasteiger partial charge < -0.3 is 10.1 Å². The second-order valence-electron chi connectivity index (χ2n) is 6.48. The highest BCUT2D eigenvalue weighted by Gasteiger charge is 2.23. The van der Waals surface area contributed by atoms with Crippen molar-refractivity contribution in [1.29, 1.82) is 0 Å². The molecule has 0 fully saturated rings. The summed E-state index contributed by atoms with van der Waals surface area (Å²) in [5, 5.41) is 2.83. The number of ether oxygens (including phenoxy) is 1. The van der Waals surface area contributed by atoms with Crippen molar-refractivity contribution < 1.29 is 17.9 Å². The number of hydrogen-bond donors (Lipinski definition) is 1. The molecule has 3 aromatic carbocycles. The van der Waals surface area contributed by atoms with E-state index in [4.69, 9.17) is 4.74 Å². The molecule has 3 aromatic rings. The van der Waals surface area contributed by atoms with E-state index in [1.165, 1.54) is 38.4 Å². The Bertz CT molecular complexity index is 1150. The van der Waals surface area contributed by atoms with Crippen LogP contribution in [0.1, 0.15) is 15.9 Å². The second kappa shape index (κ2) is 9.32. The molecule has 0 bridgehead atoms. The highest BCUT2D eigenvalue weighted by Crippen LogP contribution is 2.30. The first-order valence-corrected chi connectivity index (χ1v) is 11.3. The fraction of sp³-hybridized carbons (Fsp3) is 0.136.